The summed E-state index contributed by atoms with van der Waals surface area (Å²) >= 11 is 0. The number of hydrogen-bond donors (Lipinski definition) is 0. The Morgan fingerprint density at radius 2 is 2.24 bits per heavy atom. The van der Waals surface area contributed by atoms with Crippen LogP contribution in [0.15, 0.2) is 0 Å². The molecule has 0 spiro atoms. The molecule has 0 aromatic carbocycles. The molecule has 1 rings (SSSR count). The lowest BCUT2D eigenvalue weighted by Gasteiger charge is -2.15. The highest BCUT2D eigenvalue weighted by Gasteiger charge is 2.32. The van der Waals surface area contributed by atoms with Gasteiger partial charge < -0.3 is 9.64 Å². The van der Waals surface area contributed by atoms with Crippen molar-refractivity contribution >= 4 is 16.1 Å². The minimum Gasteiger partial charge on any atom is -0.382 e. The summed E-state index contributed by atoms with van der Waals surface area (Å²) in [6.07, 6.45) is 0.840. The highest BCUT2D eigenvalue weighted by Crippen LogP contribution is 2.20. The Morgan fingerprint density at radius 3 is 2.82 bits per heavy atom. The maximum Gasteiger partial charge on any atom is 0.302 e. The lowest BCUT2D eigenvalue weighted by atomic mass is 10.1. The third-order valence-electron chi connectivity index (χ3n) is 2.65. The summed E-state index contributed by atoms with van der Waals surface area (Å²) in [5, 5.41) is 0. The number of carbonyl (C=O) groups is 1. The molecule has 1 heterocycles. The third kappa shape index (κ3) is 5.45. The number of amides is 1. The molecule has 1 aliphatic heterocycles. The molecule has 0 aromatic rings. The van der Waals surface area contributed by atoms with Crippen LogP contribution >= 0.6 is 0 Å². The van der Waals surface area contributed by atoms with E-state index in [1.54, 1.807) is 4.90 Å². The van der Waals surface area contributed by atoms with Gasteiger partial charge in [0.15, 0.2) is 0 Å². The van der Waals surface area contributed by atoms with E-state index in [1.807, 2.05) is 6.92 Å². The molecule has 5 nitrogen and oxygen atoms in total. The second kappa shape index (κ2) is 6.30. The Hall–Kier alpha value is -0.690. The van der Waals surface area contributed by atoms with Crippen LogP contribution < -0.4 is 0 Å². The summed E-state index contributed by atoms with van der Waals surface area (Å²) in [5.74, 6) is -1.07. The largest absolute Gasteiger partial charge is 0.382 e. The number of hydrogen-bond acceptors (Lipinski definition) is 4. The average molecular weight is 267 g/mol. The normalized spacial score (nSPS) is 21.2. The van der Waals surface area contributed by atoms with Crippen LogP contribution in [0.1, 0.15) is 19.8 Å². The number of rotatable bonds is 7. The van der Waals surface area contributed by atoms with E-state index >= 15 is 0 Å². The van der Waals surface area contributed by atoms with E-state index in [1.165, 1.54) is 0 Å². The summed E-state index contributed by atoms with van der Waals surface area (Å²) in [7, 11) is -4.49. The molecule has 0 saturated carbocycles. The lowest BCUT2D eigenvalue weighted by molar-refractivity contribution is -0.127. The molecule has 0 N–H and O–H groups in total. The number of ether oxygens (including phenoxy) is 1. The Labute approximate surface area is 101 Å². The molecule has 1 atom stereocenters. The first-order valence-corrected chi connectivity index (χ1v) is 7.25. The minimum atomic E-state index is -4.49. The van der Waals surface area contributed by atoms with Crippen LogP contribution in [0, 0.1) is 5.92 Å². The monoisotopic (exact) mass is 267 g/mol. The molecule has 1 aliphatic rings. The van der Waals surface area contributed by atoms with E-state index in [2.05, 4.69) is 0 Å². The molecule has 0 aromatic heterocycles. The van der Waals surface area contributed by atoms with Crippen molar-refractivity contribution in [3.8, 4) is 0 Å². The van der Waals surface area contributed by atoms with E-state index in [4.69, 9.17) is 4.74 Å². The van der Waals surface area contributed by atoms with Crippen LogP contribution in [0.4, 0.5) is 3.89 Å². The molecular formula is C10H18FNO4S. The fraction of sp³-hybridized carbons (Fsp3) is 0.900. The maximum absolute atomic E-state index is 12.5. The Bertz CT molecular complexity index is 357. The molecule has 7 heteroatoms. The highest BCUT2D eigenvalue weighted by atomic mass is 32.3. The van der Waals surface area contributed by atoms with Crippen molar-refractivity contribution in [1.29, 1.82) is 0 Å². The van der Waals surface area contributed by atoms with E-state index < -0.39 is 21.9 Å². The van der Waals surface area contributed by atoms with Gasteiger partial charge in [-0.15, -0.1) is 3.89 Å². The van der Waals surface area contributed by atoms with Gasteiger partial charge in [0.05, 0.1) is 5.75 Å². The summed E-state index contributed by atoms with van der Waals surface area (Å²) < 4.78 is 38.6. The van der Waals surface area contributed by atoms with Gasteiger partial charge in [0.1, 0.15) is 0 Å². The second-order valence-corrected chi connectivity index (χ2v) is 5.58. The molecule has 1 fully saturated rings. The van der Waals surface area contributed by atoms with Crippen molar-refractivity contribution in [2.45, 2.75) is 19.8 Å². The first-order valence-electron chi connectivity index (χ1n) is 5.70. The van der Waals surface area contributed by atoms with Gasteiger partial charge >= 0.3 is 10.2 Å². The average Bonchev–Trinajstić information content (AvgIpc) is 2.51. The Balaban J connectivity index is 2.32. The minimum absolute atomic E-state index is 0.102. The van der Waals surface area contributed by atoms with E-state index in [0.717, 1.165) is 0 Å². The lowest BCUT2D eigenvalue weighted by Crippen LogP contribution is -2.27. The number of likely N-dealkylation sites (tertiary alicyclic amines) is 1. The summed E-state index contributed by atoms with van der Waals surface area (Å²) in [6.45, 7) is 3.97. The Morgan fingerprint density at radius 1 is 1.53 bits per heavy atom. The zero-order valence-electron chi connectivity index (χ0n) is 9.89. The number of nitrogens with zero attached hydrogens (tertiary/aromatic N) is 1. The first-order chi connectivity index (χ1) is 7.92. The standard InChI is InChI=1S/C10H18FNO4S/c1-2-16-5-3-4-12-7-9(6-10(12)13)8-17(11,14)15/h9H,2-8H2,1H3. The van der Waals surface area contributed by atoms with E-state index in [9.17, 15) is 17.1 Å². The first kappa shape index (κ1) is 14.4. The van der Waals surface area contributed by atoms with Gasteiger partial charge in [0.2, 0.25) is 5.91 Å². The van der Waals surface area contributed by atoms with Gasteiger partial charge in [-0.05, 0) is 13.3 Å². The van der Waals surface area contributed by atoms with Crippen LogP contribution in [0.5, 0.6) is 0 Å². The fourth-order valence-corrected chi connectivity index (χ4v) is 2.75. The third-order valence-corrected chi connectivity index (χ3v) is 3.52. The van der Waals surface area contributed by atoms with Crippen LogP contribution in [0.3, 0.4) is 0 Å². The predicted molar refractivity (Wildman–Crippen MR) is 60.7 cm³/mol. The van der Waals surface area contributed by atoms with E-state index in [0.29, 0.717) is 32.7 Å². The topological polar surface area (TPSA) is 63.7 Å². The van der Waals surface area contributed by atoms with Crippen molar-refractivity contribution in [2.24, 2.45) is 5.92 Å². The van der Waals surface area contributed by atoms with Crippen molar-refractivity contribution in [1.82, 2.24) is 4.90 Å². The number of carbonyl (C=O) groups excluding carboxylic acids is 1. The van der Waals surface area contributed by atoms with Gasteiger partial charge in [0.25, 0.3) is 0 Å². The molecule has 0 bridgehead atoms. The molecule has 1 saturated heterocycles. The quantitative estimate of drug-likeness (QED) is 0.499. The highest BCUT2D eigenvalue weighted by molar-refractivity contribution is 7.86. The zero-order chi connectivity index (χ0) is 12.9. The van der Waals surface area contributed by atoms with Crippen molar-refractivity contribution in [3.05, 3.63) is 0 Å². The fourth-order valence-electron chi connectivity index (χ4n) is 1.97. The van der Waals surface area contributed by atoms with Crippen molar-refractivity contribution < 1.29 is 21.8 Å². The predicted octanol–water partition coefficient (Wildman–Crippen LogP) is 0.561. The molecule has 17 heavy (non-hydrogen) atoms. The molecule has 100 valence electrons. The van der Waals surface area contributed by atoms with Gasteiger partial charge in [-0.3, -0.25) is 4.79 Å². The van der Waals surface area contributed by atoms with Crippen LogP contribution in [-0.2, 0) is 19.8 Å². The van der Waals surface area contributed by atoms with Crippen molar-refractivity contribution in [2.75, 3.05) is 32.1 Å². The van der Waals surface area contributed by atoms with Gasteiger partial charge in [-0.1, -0.05) is 0 Å². The second-order valence-electron chi connectivity index (χ2n) is 4.17. The molecule has 0 aliphatic carbocycles. The summed E-state index contributed by atoms with van der Waals surface area (Å²) in [6, 6.07) is 0. The molecule has 0 radical (unpaired) electrons. The zero-order valence-corrected chi connectivity index (χ0v) is 10.7. The molecular weight excluding hydrogens is 249 g/mol. The van der Waals surface area contributed by atoms with Crippen LogP contribution in [0.2, 0.25) is 0 Å². The summed E-state index contributed by atoms with van der Waals surface area (Å²) in [4.78, 5) is 13.1. The van der Waals surface area contributed by atoms with Gasteiger partial charge in [-0.2, -0.15) is 8.42 Å². The smallest absolute Gasteiger partial charge is 0.302 e. The Kier molecular flexibility index (Phi) is 5.32. The molecule has 1 unspecified atom stereocenters. The van der Waals surface area contributed by atoms with Crippen molar-refractivity contribution in [3.63, 3.8) is 0 Å². The summed E-state index contributed by atoms with van der Waals surface area (Å²) in [5.41, 5.74) is 0. The molecule has 1 amide bonds. The number of halogens is 1. The van der Waals surface area contributed by atoms with Crippen LogP contribution in [-0.4, -0.2) is 51.3 Å². The van der Waals surface area contributed by atoms with E-state index in [-0.39, 0.29) is 12.3 Å². The van der Waals surface area contributed by atoms with Crippen LogP contribution in [0.25, 0.3) is 0 Å². The van der Waals surface area contributed by atoms with Gasteiger partial charge in [-0.25, -0.2) is 0 Å². The SMILES string of the molecule is CCOCCCN1CC(CS(=O)(=O)F)CC1=O. The maximum atomic E-state index is 12.5. The van der Waals surface area contributed by atoms with Gasteiger partial charge in [0, 0.05) is 38.6 Å².